The third kappa shape index (κ3) is 3.41. The van der Waals surface area contributed by atoms with Crippen molar-refractivity contribution in [2.75, 3.05) is 0 Å². The third-order valence-electron chi connectivity index (χ3n) is 2.64. The van der Waals surface area contributed by atoms with E-state index in [9.17, 15) is 14.5 Å². The zero-order chi connectivity index (χ0) is 15.6. The van der Waals surface area contributed by atoms with Crippen LogP contribution in [0.1, 0.15) is 5.56 Å². The van der Waals surface area contributed by atoms with Crippen molar-refractivity contribution in [1.29, 1.82) is 0 Å². The van der Waals surface area contributed by atoms with E-state index < -0.39 is 10.7 Å². The van der Waals surface area contributed by atoms with E-state index in [0.29, 0.717) is 5.56 Å². The van der Waals surface area contributed by atoms with Crippen molar-refractivity contribution in [3.05, 3.63) is 61.9 Å². The quantitative estimate of drug-likeness (QED) is 0.669. The number of benzene rings is 2. The molecule has 2 aromatic carbocycles. The molecule has 0 amide bonds. The Kier molecular flexibility index (Phi) is 4.62. The minimum atomic E-state index is -0.641. The molecule has 0 heterocycles. The van der Waals surface area contributed by atoms with Gasteiger partial charge in [-0.15, -0.1) is 0 Å². The fraction of sp³-hybridized carbons (Fsp3) is 0.0769. The molecule has 0 aliphatic carbocycles. The first-order valence-corrected chi connectivity index (χ1v) is 6.47. The Hall–Kier alpha value is -1.89. The van der Waals surface area contributed by atoms with Gasteiger partial charge in [-0.25, -0.2) is 4.39 Å². The number of hydrogen-bond donors (Lipinski definition) is 1. The molecule has 2 aromatic rings. The highest BCUT2D eigenvalue weighted by atomic mass is 35.5. The van der Waals surface area contributed by atoms with Crippen LogP contribution < -0.4 is 10.5 Å². The summed E-state index contributed by atoms with van der Waals surface area (Å²) >= 11 is 11.8. The molecule has 0 fully saturated rings. The molecule has 0 saturated carbocycles. The van der Waals surface area contributed by atoms with Crippen molar-refractivity contribution < 1.29 is 14.1 Å². The van der Waals surface area contributed by atoms with Crippen LogP contribution in [-0.4, -0.2) is 4.92 Å². The van der Waals surface area contributed by atoms with E-state index in [4.69, 9.17) is 33.7 Å². The molecule has 0 unspecified atom stereocenters. The summed E-state index contributed by atoms with van der Waals surface area (Å²) in [5.74, 6) is -0.795. The standard InChI is InChI=1S/C13H9Cl2FN2O3/c14-9-4-8(18(19)20)5-10(15)13(9)21-12-2-1-7(6-17)3-11(12)16/h1-5H,6,17H2. The maximum atomic E-state index is 13.8. The molecule has 5 nitrogen and oxygen atoms in total. The number of halogens is 3. The van der Waals surface area contributed by atoms with Gasteiger partial charge in [0.2, 0.25) is 0 Å². The van der Waals surface area contributed by atoms with Gasteiger partial charge >= 0.3 is 0 Å². The van der Waals surface area contributed by atoms with Gasteiger partial charge < -0.3 is 10.5 Å². The Morgan fingerprint density at radius 2 is 1.86 bits per heavy atom. The molecule has 0 bridgehead atoms. The molecule has 0 aliphatic heterocycles. The average Bonchev–Trinajstić information content (AvgIpc) is 2.43. The van der Waals surface area contributed by atoms with Gasteiger partial charge in [-0.05, 0) is 17.7 Å². The second kappa shape index (κ2) is 6.26. The predicted molar refractivity (Wildman–Crippen MR) is 77.5 cm³/mol. The summed E-state index contributed by atoms with van der Waals surface area (Å²) in [5.41, 5.74) is 5.72. The lowest BCUT2D eigenvalue weighted by Gasteiger charge is -2.10. The van der Waals surface area contributed by atoms with Crippen LogP contribution >= 0.6 is 23.2 Å². The van der Waals surface area contributed by atoms with Crippen molar-refractivity contribution in [2.24, 2.45) is 5.73 Å². The van der Waals surface area contributed by atoms with Crippen molar-refractivity contribution in [2.45, 2.75) is 6.54 Å². The van der Waals surface area contributed by atoms with Gasteiger partial charge in [0.1, 0.15) is 0 Å². The summed E-state index contributed by atoms with van der Waals surface area (Å²) in [6.07, 6.45) is 0. The molecule has 21 heavy (non-hydrogen) atoms. The smallest absolute Gasteiger partial charge is 0.272 e. The molecule has 0 aliphatic rings. The van der Waals surface area contributed by atoms with Gasteiger partial charge in [0, 0.05) is 18.7 Å². The maximum Gasteiger partial charge on any atom is 0.272 e. The van der Waals surface area contributed by atoms with Gasteiger partial charge in [0.25, 0.3) is 5.69 Å². The van der Waals surface area contributed by atoms with Crippen molar-refractivity contribution >= 4 is 28.9 Å². The Morgan fingerprint density at radius 1 is 1.24 bits per heavy atom. The SMILES string of the molecule is NCc1ccc(Oc2c(Cl)cc([N+](=O)[O-])cc2Cl)c(F)c1. The Balaban J connectivity index is 2.38. The molecular formula is C13H9Cl2FN2O3. The van der Waals surface area contributed by atoms with Gasteiger partial charge in [0.05, 0.1) is 15.0 Å². The highest BCUT2D eigenvalue weighted by Gasteiger charge is 2.17. The lowest BCUT2D eigenvalue weighted by molar-refractivity contribution is -0.384. The molecule has 8 heteroatoms. The van der Waals surface area contributed by atoms with Crippen LogP contribution in [0.25, 0.3) is 0 Å². The minimum Gasteiger partial charge on any atom is -0.451 e. The second-order valence-corrected chi connectivity index (χ2v) is 4.88. The van der Waals surface area contributed by atoms with E-state index in [1.54, 1.807) is 6.07 Å². The largest absolute Gasteiger partial charge is 0.451 e. The van der Waals surface area contributed by atoms with Crippen LogP contribution in [0.4, 0.5) is 10.1 Å². The summed E-state index contributed by atoms with van der Waals surface area (Å²) in [6, 6.07) is 6.35. The molecular weight excluding hydrogens is 322 g/mol. The third-order valence-corrected chi connectivity index (χ3v) is 3.20. The topological polar surface area (TPSA) is 78.4 Å². The molecule has 0 aromatic heterocycles. The van der Waals surface area contributed by atoms with Gasteiger partial charge in [-0.2, -0.15) is 0 Å². The van der Waals surface area contributed by atoms with Crippen LogP contribution in [0.2, 0.25) is 10.0 Å². The maximum absolute atomic E-state index is 13.8. The number of rotatable bonds is 4. The fourth-order valence-electron chi connectivity index (χ4n) is 1.61. The summed E-state index contributed by atoms with van der Waals surface area (Å²) in [5, 5.41) is 10.5. The zero-order valence-electron chi connectivity index (χ0n) is 10.5. The summed E-state index contributed by atoms with van der Waals surface area (Å²) in [6.45, 7) is 0.191. The molecule has 0 radical (unpaired) electrons. The first kappa shape index (κ1) is 15.5. The predicted octanol–water partition coefficient (Wildman–Crippen LogP) is 4.29. The van der Waals surface area contributed by atoms with Gasteiger partial charge in [0.15, 0.2) is 17.3 Å². The van der Waals surface area contributed by atoms with Crippen LogP contribution in [-0.2, 0) is 6.54 Å². The van der Waals surface area contributed by atoms with Gasteiger partial charge in [-0.1, -0.05) is 29.3 Å². The van der Waals surface area contributed by atoms with E-state index >= 15 is 0 Å². The van der Waals surface area contributed by atoms with Crippen LogP contribution in [0, 0.1) is 15.9 Å². The Bertz CT molecular complexity index is 687. The summed E-state index contributed by atoms with van der Waals surface area (Å²) in [4.78, 5) is 10.0. The number of hydrogen-bond acceptors (Lipinski definition) is 4. The number of nitrogens with two attached hydrogens (primary N) is 1. The van der Waals surface area contributed by atoms with Gasteiger partial charge in [-0.3, -0.25) is 10.1 Å². The number of nitro benzene ring substituents is 1. The van der Waals surface area contributed by atoms with Crippen molar-refractivity contribution in [3.63, 3.8) is 0 Å². The Morgan fingerprint density at radius 3 is 2.33 bits per heavy atom. The van der Waals surface area contributed by atoms with Crippen LogP contribution in [0.15, 0.2) is 30.3 Å². The lowest BCUT2D eigenvalue weighted by atomic mass is 10.2. The number of non-ortho nitro benzene ring substituents is 1. The molecule has 2 N–H and O–H groups in total. The van der Waals surface area contributed by atoms with Crippen molar-refractivity contribution in [3.8, 4) is 11.5 Å². The number of nitrogens with zero attached hydrogens (tertiary/aromatic N) is 1. The van der Waals surface area contributed by atoms with Crippen LogP contribution in [0.5, 0.6) is 11.5 Å². The fourth-order valence-corrected chi connectivity index (χ4v) is 2.17. The molecule has 0 saturated heterocycles. The van der Waals surface area contributed by atoms with E-state index in [2.05, 4.69) is 0 Å². The molecule has 2 rings (SSSR count). The van der Waals surface area contributed by atoms with E-state index in [0.717, 1.165) is 12.1 Å². The Labute approximate surface area is 129 Å². The number of nitro groups is 1. The molecule has 0 atom stereocenters. The molecule has 0 spiro atoms. The van der Waals surface area contributed by atoms with Crippen LogP contribution in [0.3, 0.4) is 0 Å². The highest BCUT2D eigenvalue weighted by molar-refractivity contribution is 6.37. The first-order valence-electron chi connectivity index (χ1n) is 5.72. The summed E-state index contributed by atoms with van der Waals surface area (Å²) < 4.78 is 19.1. The van der Waals surface area contributed by atoms with E-state index in [1.807, 2.05) is 0 Å². The average molecular weight is 331 g/mol. The normalized spacial score (nSPS) is 10.5. The van der Waals surface area contributed by atoms with E-state index in [1.165, 1.54) is 12.1 Å². The second-order valence-electron chi connectivity index (χ2n) is 4.07. The minimum absolute atomic E-state index is 0.0525. The van der Waals surface area contributed by atoms with Crippen molar-refractivity contribution in [1.82, 2.24) is 0 Å². The zero-order valence-corrected chi connectivity index (χ0v) is 12.0. The molecule has 110 valence electrons. The van der Waals surface area contributed by atoms with E-state index in [-0.39, 0.29) is 33.8 Å². The lowest BCUT2D eigenvalue weighted by Crippen LogP contribution is -1.98. The summed E-state index contributed by atoms with van der Waals surface area (Å²) in [7, 11) is 0. The highest BCUT2D eigenvalue weighted by Crippen LogP contribution is 2.40. The number of ether oxygens (including phenoxy) is 1. The first-order chi connectivity index (χ1) is 9.92. The monoisotopic (exact) mass is 330 g/mol.